The maximum atomic E-state index is 13.1. The van der Waals surface area contributed by atoms with E-state index in [0.29, 0.717) is 18.5 Å². The van der Waals surface area contributed by atoms with Gasteiger partial charge in [0.15, 0.2) is 0 Å². The van der Waals surface area contributed by atoms with E-state index in [1.54, 1.807) is 19.1 Å². The maximum Gasteiger partial charge on any atom is 0.421 e. The first kappa shape index (κ1) is 19.2. The summed E-state index contributed by atoms with van der Waals surface area (Å²) in [6.45, 7) is 1.79. The second kappa shape index (κ2) is 7.59. The first-order valence-corrected chi connectivity index (χ1v) is 8.68. The van der Waals surface area contributed by atoms with Gasteiger partial charge in [0, 0.05) is 35.9 Å². The maximum absolute atomic E-state index is 13.1. The van der Waals surface area contributed by atoms with Gasteiger partial charge in [0.25, 0.3) is 0 Å². The molecule has 0 saturated heterocycles. The van der Waals surface area contributed by atoms with Crippen LogP contribution in [0.2, 0.25) is 0 Å². The van der Waals surface area contributed by atoms with Crippen LogP contribution < -0.4 is 16.0 Å². The zero-order valence-electron chi connectivity index (χ0n) is 14.3. The van der Waals surface area contributed by atoms with E-state index in [1.807, 2.05) is 6.07 Å². The van der Waals surface area contributed by atoms with Crippen molar-refractivity contribution in [3.8, 4) is 0 Å². The van der Waals surface area contributed by atoms with E-state index in [2.05, 4.69) is 25.9 Å². The van der Waals surface area contributed by atoms with E-state index in [1.165, 1.54) is 0 Å². The summed E-state index contributed by atoms with van der Waals surface area (Å²) in [6.07, 6.45) is -2.88. The molecule has 1 aliphatic heterocycles. The third-order valence-electron chi connectivity index (χ3n) is 3.90. The fourth-order valence-electron chi connectivity index (χ4n) is 2.61. The van der Waals surface area contributed by atoms with Crippen molar-refractivity contribution in [3.05, 3.63) is 35.5 Å². The highest BCUT2D eigenvalue weighted by atomic mass is 35.5. The lowest BCUT2D eigenvalue weighted by molar-refractivity contribution is -0.137. The fraction of sp³-hybridized carbons (Fsp3) is 0.353. The van der Waals surface area contributed by atoms with Crippen molar-refractivity contribution in [1.82, 2.24) is 9.97 Å². The molecule has 2 aromatic rings. The number of anilines is 4. The van der Waals surface area contributed by atoms with Gasteiger partial charge in [-0.2, -0.15) is 18.2 Å². The molecule has 2 heterocycles. The number of hydrogen-bond donors (Lipinski definition) is 3. The first-order chi connectivity index (χ1) is 12.7. The molecule has 0 spiro atoms. The summed E-state index contributed by atoms with van der Waals surface area (Å²) in [5, 5.41) is 7.91. The van der Waals surface area contributed by atoms with E-state index in [9.17, 15) is 18.0 Å². The lowest BCUT2D eigenvalue weighted by Gasteiger charge is -2.18. The summed E-state index contributed by atoms with van der Waals surface area (Å²) in [5.74, 6) is -0.358. The molecule has 3 rings (SSSR count). The number of nitrogens with zero attached hydrogens (tertiary/aromatic N) is 2. The molecule has 1 amide bonds. The zero-order valence-corrected chi connectivity index (χ0v) is 15.1. The normalized spacial score (nSPS) is 14.9. The molecule has 144 valence electrons. The topological polar surface area (TPSA) is 78.9 Å². The number of aromatic nitrogens is 2. The van der Waals surface area contributed by atoms with E-state index >= 15 is 0 Å². The standard InChI is InChI=1S/C17H17ClF3N5O/c1-9(18)7-22-15-12(17(19,20)21)8-23-16(26-15)24-11-3-4-13-10(6-11)2-5-14(27)25-13/h3-4,6,8-9H,2,5,7H2,1H3,(H,25,27)(H2,22,23,24,26). The van der Waals surface area contributed by atoms with Crippen LogP contribution in [0.3, 0.4) is 0 Å². The number of carbonyl (C=O) groups excluding carboxylic acids is 1. The summed E-state index contributed by atoms with van der Waals surface area (Å²) in [6, 6.07) is 5.23. The van der Waals surface area contributed by atoms with Gasteiger partial charge in [-0.05, 0) is 37.1 Å². The van der Waals surface area contributed by atoms with E-state index in [0.717, 1.165) is 17.4 Å². The van der Waals surface area contributed by atoms with Gasteiger partial charge < -0.3 is 16.0 Å². The molecule has 0 aliphatic carbocycles. The van der Waals surface area contributed by atoms with Crippen LogP contribution in [0.25, 0.3) is 0 Å². The highest BCUT2D eigenvalue weighted by Gasteiger charge is 2.35. The minimum Gasteiger partial charge on any atom is -0.368 e. The van der Waals surface area contributed by atoms with Crippen LogP contribution in [0, 0.1) is 0 Å². The number of hydrogen-bond acceptors (Lipinski definition) is 5. The van der Waals surface area contributed by atoms with Gasteiger partial charge in [-0.3, -0.25) is 4.79 Å². The lowest BCUT2D eigenvalue weighted by atomic mass is 10.0. The van der Waals surface area contributed by atoms with Crippen LogP contribution in [0.1, 0.15) is 24.5 Å². The number of benzene rings is 1. The fourth-order valence-corrected chi connectivity index (χ4v) is 2.69. The van der Waals surface area contributed by atoms with E-state index in [-0.39, 0.29) is 29.6 Å². The molecule has 1 aromatic heterocycles. The first-order valence-electron chi connectivity index (χ1n) is 8.24. The Bertz CT molecular complexity index is 857. The molecule has 0 radical (unpaired) electrons. The summed E-state index contributed by atoms with van der Waals surface area (Å²) in [7, 11) is 0. The number of nitrogens with one attached hydrogen (secondary N) is 3. The molecule has 1 atom stereocenters. The van der Waals surface area contributed by atoms with Gasteiger partial charge in [0.05, 0.1) is 0 Å². The Morgan fingerprint density at radius 1 is 1.33 bits per heavy atom. The Kier molecular flexibility index (Phi) is 5.41. The number of aryl methyl sites for hydroxylation is 1. The predicted octanol–water partition coefficient (Wildman–Crippen LogP) is 4.16. The van der Waals surface area contributed by atoms with Gasteiger partial charge in [-0.1, -0.05) is 0 Å². The SMILES string of the molecule is CC(Cl)CNc1nc(Nc2ccc3c(c2)CCC(=O)N3)ncc1C(F)(F)F. The number of halogens is 4. The smallest absolute Gasteiger partial charge is 0.368 e. The molecule has 0 bridgehead atoms. The summed E-state index contributed by atoms with van der Waals surface area (Å²) in [4.78, 5) is 19.1. The van der Waals surface area contributed by atoms with Crippen LogP contribution >= 0.6 is 11.6 Å². The average molecular weight is 400 g/mol. The Morgan fingerprint density at radius 3 is 2.81 bits per heavy atom. The van der Waals surface area contributed by atoms with Crippen molar-refractivity contribution in [2.75, 3.05) is 22.5 Å². The summed E-state index contributed by atoms with van der Waals surface area (Å²) in [5.41, 5.74) is 1.31. The molecule has 1 unspecified atom stereocenters. The monoisotopic (exact) mass is 399 g/mol. The third-order valence-corrected chi connectivity index (χ3v) is 4.06. The van der Waals surface area contributed by atoms with Crippen LogP contribution in [0.15, 0.2) is 24.4 Å². The molecule has 3 N–H and O–H groups in total. The van der Waals surface area contributed by atoms with Crippen molar-refractivity contribution in [2.24, 2.45) is 0 Å². The average Bonchev–Trinajstić information content (AvgIpc) is 2.59. The molecule has 0 saturated carbocycles. The van der Waals surface area contributed by atoms with Crippen molar-refractivity contribution in [1.29, 1.82) is 0 Å². The van der Waals surface area contributed by atoms with Gasteiger partial charge in [0.1, 0.15) is 11.4 Å². The zero-order chi connectivity index (χ0) is 19.6. The molecule has 0 fully saturated rings. The van der Waals surface area contributed by atoms with Gasteiger partial charge in [-0.25, -0.2) is 4.98 Å². The second-order valence-corrected chi connectivity index (χ2v) is 6.91. The number of carbonyl (C=O) groups is 1. The van der Waals surface area contributed by atoms with Crippen LogP contribution in [0.4, 0.5) is 36.3 Å². The minimum atomic E-state index is -4.58. The number of amides is 1. The summed E-state index contributed by atoms with van der Waals surface area (Å²) < 4.78 is 39.4. The third kappa shape index (κ3) is 4.79. The Labute approximate surface area is 158 Å². The van der Waals surface area contributed by atoms with Gasteiger partial charge in [-0.15, -0.1) is 11.6 Å². The number of rotatable bonds is 5. The largest absolute Gasteiger partial charge is 0.421 e. The van der Waals surface area contributed by atoms with Crippen LogP contribution in [-0.4, -0.2) is 27.8 Å². The second-order valence-electron chi connectivity index (χ2n) is 6.16. The van der Waals surface area contributed by atoms with Gasteiger partial charge >= 0.3 is 6.18 Å². The highest BCUT2D eigenvalue weighted by molar-refractivity contribution is 6.20. The molecule has 27 heavy (non-hydrogen) atoms. The van der Waals surface area contributed by atoms with Gasteiger partial charge in [0.2, 0.25) is 11.9 Å². The van der Waals surface area contributed by atoms with Crippen molar-refractivity contribution < 1.29 is 18.0 Å². The van der Waals surface area contributed by atoms with Crippen LogP contribution in [0.5, 0.6) is 0 Å². The molecular weight excluding hydrogens is 383 g/mol. The van der Waals surface area contributed by atoms with E-state index < -0.39 is 11.7 Å². The number of fused-ring (bicyclic) bond motifs is 1. The molecule has 1 aromatic carbocycles. The molecular formula is C17H17ClF3N5O. The molecule has 6 nitrogen and oxygen atoms in total. The summed E-state index contributed by atoms with van der Waals surface area (Å²) >= 11 is 5.81. The van der Waals surface area contributed by atoms with Crippen molar-refractivity contribution in [2.45, 2.75) is 31.3 Å². The quantitative estimate of drug-likeness (QED) is 0.658. The minimum absolute atomic E-state index is 0.0209. The molecule has 10 heteroatoms. The Hall–Kier alpha value is -2.55. The van der Waals surface area contributed by atoms with E-state index in [4.69, 9.17) is 11.6 Å². The number of alkyl halides is 4. The molecule has 1 aliphatic rings. The van der Waals surface area contributed by atoms with Crippen molar-refractivity contribution in [3.63, 3.8) is 0 Å². The Balaban J connectivity index is 1.84. The Morgan fingerprint density at radius 2 is 2.11 bits per heavy atom. The predicted molar refractivity (Wildman–Crippen MR) is 97.5 cm³/mol. The lowest BCUT2D eigenvalue weighted by Crippen LogP contribution is -2.19. The van der Waals surface area contributed by atoms with Crippen LogP contribution in [-0.2, 0) is 17.4 Å². The van der Waals surface area contributed by atoms with Crippen molar-refractivity contribution >= 4 is 40.6 Å². The highest BCUT2D eigenvalue weighted by Crippen LogP contribution is 2.34.